The van der Waals surface area contributed by atoms with Crippen molar-refractivity contribution in [1.82, 2.24) is 5.32 Å². The van der Waals surface area contributed by atoms with Gasteiger partial charge in [0.05, 0.1) is 19.0 Å². The number of nitrogens with zero attached hydrogens (tertiary/aromatic N) is 1. The first kappa shape index (κ1) is 13.9. The molecular weight excluding hydrogens is 312 g/mol. The molecule has 1 aromatic carbocycles. The third-order valence-corrected chi connectivity index (χ3v) is 3.55. The molecule has 1 heterocycles. The molecule has 5 nitrogen and oxygen atoms in total. The van der Waals surface area contributed by atoms with Crippen LogP contribution in [0.3, 0.4) is 0 Å². The van der Waals surface area contributed by atoms with Crippen molar-refractivity contribution >= 4 is 33.5 Å². The largest absolute Gasteiger partial charge is 0.481 e. The molecular formula is C13H15BrN2O3. The van der Waals surface area contributed by atoms with Gasteiger partial charge >= 0.3 is 5.97 Å². The summed E-state index contributed by atoms with van der Waals surface area (Å²) in [7, 11) is 0. The lowest BCUT2D eigenvalue weighted by Gasteiger charge is -2.34. The Morgan fingerprint density at radius 3 is 2.95 bits per heavy atom. The van der Waals surface area contributed by atoms with Crippen LogP contribution in [0, 0.1) is 6.92 Å². The molecule has 2 rings (SSSR count). The summed E-state index contributed by atoms with van der Waals surface area (Å²) < 4.78 is 0.984. The van der Waals surface area contributed by atoms with E-state index >= 15 is 0 Å². The third kappa shape index (κ3) is 3.47. The van der Waals surface area contributed by atoms with Crippen LogP contribution in [0.2, 0.25) is 0 Å². The van der Waals surface area contributed by atoms with Gasteiger partial charge in [-0.1, -0.05) is 15.9 Å². The first-order valence-electron chi connectivity index (χ1n) is 5.98. The predicted octanol–water partition coefficient (Wildman–Crippen LogP) is 1.54. The molecule has 2 N–H and O–H groups in total. The highest BCUT2D eigenvalue weighted by Crippen LogP contribution is 2.25. The fourth-order valence-electron chi connectivity index (χ4n) is 2.31. The number of carbonyl (C=O) groups excluding carboxylic acids is 1. The van der Waals surface area contributed by atoms with Crippen molar-refractivity contribution < 1.29 is 14.7 Å². The highest BCUT2D eigenvalue weighted by molar-refractivity contribution is 9.10. The molecule has 1 amide bonds. The molecule has 102 valence electrons. The van der Waals surface area contributed by atoms with E-state index in [9.17, 15) is 9.59 Å². The van der Waals surface area contributed by atoms with Gasteiger partial charge in [0.15, 0.2) is 0 Å². The summed E-state index contributed by atoms with van der Waals surface area (Å²) in [5, 5.41) is 11.5. The van der Waals surface area contributed by atoms with Crippen LogP contribution in [0.15, 0.2) is 22.7 Å². The number of carboxylic acids is 1. The van der Waals surface area contributed by atoms with Gasteiger partial charge in [0.1, 0.15) is 0 Å². The van der Waals surface area contributed by atoms with E-state index < -0.39 is 5.97 Å². The van der Waals surface area contributed by atoms with Crippen molar-refractivity contribution in [3.8, 4) is 0 Å². The van der Waals surface area contributed by atoms with Gasteiger partial charge in [-0.3, -0.25) is 9.59 Å². The third-order valence-electron chi connectivity index (χ3n) is 3.06. The average molecular weight is 327 g/mol. The highest BCUT2D eigenvalue weighted by Gasteiger charge is 2.27. The van der Waals surface area contributed by atoms with Crippen molar-refractivity contribution in [2.75, 3.05) is 18.0 Å². The highest BCUT2D eigenvalue weighted by atomic mass is 79.9. The first-order valence-corrected chi connectivity index (χ1v) is 6.77. The number of anilines is 1. The van der Waals surface area contributed by atoms with Gasteiger partial charge in [-0.25, -0.2) is 0 Å². The van der Waals surface area contributed by atoms with Crippen LogP contribution < -0.4 is 10.2 Å². The lowest BCUT2D eigenvalue weighted by molar-refractivity contribution is -0.137. The van der Waals surface area contributed by atoms with Gasteiger partial charge in [-0.2, -0.15) is 0 Å². The number of piperazine rings is 1. The number of carbonyl (C=O) groups is 2. The minimum atomic E-state index is -0.903. The fraction of sp³-hybridized carbons (Fsp3) is 0.385. The monoisotopic (exact) mass is 326 g/mol. The maximum atomic E-state index is 11.7. The summed E-state index contributed by atoms with van der Waals surface area (Å²) in [5.74, 6) is -1.04. The van der Waals surface area contributed by atoms with Crippen LogP contribution in [-0.2, 0) is 9.59 Å². The topological polar surface area (TPSA) is 69.6 Å². The Morgan fingerprint density at radius 2 is 2.32 bits per heavy atom. The molecule has 0 spiro atoms. The van der Waals surface area contributed by atoms with Crippen molar-refractivity contribution in [2.45, 2.75) is 19.4 Å². The summed E-state index contributed by atoms with van der Waals surface area (Å²) in [4.78, 5) is 24.3. The van der Waals surface area contributed by atoms with Gasteiger partial charge < -0.3 is 15.3 Å². The molecule has 1 aliphatic heterocycles. The molecule has 0 aliphatic carbocycles. The fourth-order valence-corrected chi connectivity index (χ4v) is 2.78. The Labute approximate surface area is 119 Å². The summed E-state index contributed by atoms with van der Waals surface area (Å²) in [6.07, 6.45) is -0.0577. The van der Waals surface area contributed by atoms with Crippen molar-refractivity contribution in [2.24, 2.45) is 0 Å². The van der Waals surface area contributed by atoms with E-state index in [1.165, 1.54) is 0 Å². The predicted molar refractivity (Wildman–Crippen MR) is 75.3 cm³/mol. The van der Waals surface area contributed by atoms with E-state index in [1.54, 1.807) is 0 Å². The van der Waals surface area contributed by atoms with Crippen LogP contribution in [0.5, 0.6) is 0 Å². The SMILES string of the molecule is Cc1cc(Br)ccc1N1CC(=O)NC(CC(=O)O)C1. The lowest BCUT2D eigenvalue weighted by Crippen LogP contribution is -2.55. The normalized spacial score (nSPS) is 19.2. The number of carboxylic acid groups (broad SMARTS) is 1. The van der Waals surface area contributed by atoms with Crippen LogP contribution >= 0.6 is 15.9 Å². The second-order valence-electron chi connectivity index (χ2n) is 4.67. The minimum Gasteiger partial charge on any atom is -0.481 e. The maximum absolute atomic E-state index is 11.7. The molecule has 1 unspecified atom stereocenters. The maximum Gasteiger partial charge on any atom is 0.305 e. The molecule has 1 fully saturated rings. The van der Waals surface area contributed by atoms with E-state index in [4.69, 9.17) is 5.11 Å². The lowest BCUT2D eigenvalue weighted by atomic mass is 10.1. The Morgan fingerprint density at radius 1 is 1.58 bits per heavy atom. The number of halogens is 1. The number of nitrogens with one attached hydrogen (secondary N) is 1. The molecule has 19 heavy (non-hydrogen) atoms. The molecule has 0 aromatic heterocycles. The van der Waals surface area contributed by atoms with Crippen LogP contribution in [0.1, 0.15) is 12.0 Å². The van der Waals surface area contributed by atoms with Gasteiger partial charge in [0.25, 0.3) is 0 Å². The van der Waals surface area contributed by atoms with E-state index in [0.717, 1.165) is 15.7 Å². The van der Waals surface area contributed by atoms with E-state index in [0.29, 0.717) is 6.54 Å². The Kier molecular flexibility index (Phi) is 4.09. The average Bonchev–Trinajstić information content (AvgIpc) is 2.26. The number of hydrogen-bond donors (Lipinski definition) is 2. The second-order valence-corrected chi connectivity index (χ2v) is 5.59. The second kappa shape index (κ2) is 5.61. The molecule has 1 saturated heterocycles. The van der Waals surface area contributed by atoms with Gasteiger partial charge in [-0.05, 0) is 30.7 Å². The van der Waals surface area contributed by atoms with Gasteiger partial charge in [0.2, 0.25) is 5.91 Å². The van der Waals surface area contributed by atoms with E-state index in [-0.39, 0.29) is 24.9 Å². The zero-order valence-electron chi connectivity index (χ0n) is 10.5. The molecule has 1 aromatic rings. The first-order chi connectivity index (χ1) is 8.95. The molecule has 6 heteroatoms. The molecule has 1 atom stereocenters. The number of aliphatic carboxylic acids is 1. The summed E-state index contributed by atoms with van der Waals surface area (Å²) >= 11 is 3.40. The minimum absolute atomic E-state index is 0.0577. The van der Waals surface area contributed by atoms with Crippen molar-refractivity contribution in [1.29, 1.82) is 0 Å². The number of benzene rings is 1. The number of amides is 1. The molecule has 1 aliphatic rings. The Balaban J connectivity index is 2.19. The zero-order valence-corrected chi connectivity index (χ0v) is 12.1. The smallest absolute Gasteiger partial charge is 0.305 e. The van der Waals surface area contributed by atoms with Crippen molar-refractivity contribution in [3.63, 3.8) is 0 Å². The van der Waals surface area contributed by atoms with Crippen LogP contribution in [0.25, 0.3) is 0 Å². The molecule has 0 bridgehead atoms. The summed E-state index contributed by atoms with van der Waals surface area (Å²) in [5.41, 5.74) is 2.02. The quantitative estimate of drug-likeness (QED) is 0.884. The van der Waals surface area contributed by atoms with E-state index in [1.807, 2.05) is 30.0 Å². The number of rotatable bonds is 3. The zero-order chi connectivity index (χ0) is 14.0. The van der Waals surface area contributed by atoms with Crippen molar-refractivity contribution in [3.05, 3.63) is 28.2 Å². The Bertz CT molecular complexity index is 517. The standard InChI is InChI=1S/C13H15BrN2O3/c1-8-4-9(14)2-3-11(8)16-6-10(5-13(18)19)15-12(17)7-16/h2-4,10H,5-7H2,1H3,(H,15,17)(H,18,19). The number of aryl methyl sites for hydroxylation is 1. The van der Waals surface area contributed by atoms with E-state index in [2.05, 4.69) is 21.2 Å². The summed E-state index contributed by atoms with van der Waals surface area (Å²) in [6.45, 7) is 2.75. The molecule has 0 saturated carbocycles. The van der Waals surface area contributed by atoms with Crippen LogP contribution in [-0.4, -0.2) is 36.1 Å². The summed E-state index contributed by atoms with van der Waals surface area (Å²) in [6, 6.07) is 5.49. The van der Waals surface area contributed by atoms with Crippen LogP contribution in [0.4, 0.5) is 5.69 Å². The van der Waals surface area contributed by atoms with Gasteiger partial charge in [0, 0.05) is 16.7 Å². The number of hydrogen-bond acceptors (Lipinski definition) is 3. The van der Waals surface area contributed by atoms with Gasteiger partial charge in [-0.15, -0.1) is 0 Å². The Hall–Kier alpha value is -1.56. The molecule has 0 radical (unpaired) electrons.